The van der Waals surface area contributed by atoms with Crippen LogP contribution in [0.2, 0.25) is 0 Å². The first kappa shape index (κ1) is 20.7. The van der Waals surface area contributed by atoms with E-state index >= 15 is 0 Å². The molecule has 5 heterocycles. The zero-order valence-electron chi connectivity index (χ0n) is 19.5. The Labute approximate surface area is 197 Å². The van der Waals surface area contributed by atoms with Crippen molar-refractivity contribution in [2.24, 2.45) is 0 Å². The molecule has 2 aliphatic heterocycles. The summed E-state index contributed by atoms with van der Waals surface area (Å²) in [6.07, 6.45) is 4.33. The van der Waals surface area contributed by atoms with Crippen LogP contribution in [0.4, 0.5) is 17.2 Å². The van der Waals surface area contributed by atoms with Crippen molar-refractivity contribution in [1.29, 1.82) is 0 Å². The maximum atomic E-state index is 12.3. The predicted molar refractivity (Wildman–Crippen MR) is 131 cm³/mol. The van der Waals surface area contributed by atoms with Crippen LogP contribution in [-0.4, -0.2) is 38.8 Å². The molecule has 4 aromatic rings. The monoisotopic (exact) mass is 454 g/mol. The molecule has 34 heavy (non-hydrogen) atoms. The predicted octanol–water partition coefficient (Wildman–Crippen LogP) is 3.58. The topological polar surface area (TPSA) is 75.9 Å². The molecule has 0 saturated carbocycles. The smallest absolute Gasteiger partial charge is 0.274 e. The lowest BCUT2D eigenvalue weighted by Gasteiger charge is -2.38. The van der Waals surface area contributed by atoms with E-state index in [0.717, 1.165) is 47.2 Å². The van der Waals surface area contributed by atoms with Crippen molar-refractivity contribution in [1.82, 2.24) is 19.6 Å². The molecule has 0 amide bonds. The Balaban J connectivity index is 1.38. The van der Waals surface area contributed by atoms with Crippen molar-refractivity contribution in [3.63, 3.8) is 0 Å². The van der Waals surface area contributed by atoms with E-state index in [-0.39, 0.29) is 11.6 Å². The number of pyridine rings is 1. The first-order valence-corrected chi connectivity index (χ1v) is 11.6. The van der Waals surface area contributed by atoms with Crippen LogP contribution < -0.4 is 20.1 Å². The minimum Gasteiger partial charge on any atom is -0.489 e. The van der Waals surface area contributed by atoms with Gasteiger partial charge in [0, 0.05) is 37.5 Å². The maximum absolute atomic E-state index is 12.3. The Bertz CT molecular complexity index is 1480. The molecule has 1 atom stereocenters. The van der Waals surface area contributed by atoms with Crippen LogP contribution in [0.3, 0.4) is 0 Å². The van der Waals surface area contributed by atoms with Gasteiger partial charge in [-0.25, -0.2) is 4.98 Å². The quantitative estimate of drug-likeness (QED) is 0.458. The molecule has 0 N–H and O–H groups in total. The number of anilines is 3. The molecule has 172 valence electrons. The highest BCUT2D eigenvalue weighted by Gasteiger charge is 2.28. The molecule has 2 aliphatic rings. The molecule has 0 aliphatic carbocycles. The van der Waals surface area contributed by atoms with E-state index in [2.05, 4.69) is 51.9 Å². The standard InChI is InChI=1S/C26H26N6O2/c1-16-4-5-23-22(10-16)31(18(3)15-34-23)20-12-19-14-30(9-7-21(19)28-13-20)26-17(2)11-24-27-8-6-25(33)32(24)29-26/h4-6,8,10-13,18H,7,9,14-15H2,1-3H3. The summed E-state index contributed by atoms with van der Waals surface area (Å²) in [5.74, 6) is 1.71. The molecule has 8 heteroatoms. The molecule has 0 fully saturated rings. The van der Waals surface area contributed by atoms with Crippen molar-refractivity contribution in [2.45, 2.75) is 39.8 Å². The van der Waals surface area contributed by atoms with Gasteiger partial charge in [-0.15, -0.1) is 5.10 Å². The van der Waals surface area contributed by atoms with Crippen molar-refractivity contribution < 1.29 is 4.74 Å². The van der Waals surface area contributed by atoms with E-state index in [1.54, 1.807) is 0 Å². The van der Waals surface area contributed by atoms with Crippen LogP contribution in [0, 0.1) is 13.8 Å². The third-order valence-corrected chi connectivity index (χ3v) is 6.64. The van der Waals surface area contributed by atoms with Gasteiger partial charge in [0.1, 0.15) is 12.4 Å². The second kappa shape index (κ2) is 7.83. The van der Waals surface area contributed by atoms with Crippen LogP contribution >= 0.6 is 0 Å². The second-order valence-corrected chi connectivity index (χ2v) is 9.18. The average Bonchev–Trinajstić information content (AvgIpc) is 2.83. The zero-order valence-corrected chi connectivity index (χ0v) is 19.5. The number of ether oxygens (including phenoxy) is 1. The summed E-state index contributed by atoms with van der Waals surface area (Å²) < 4.78 is 7.35. The first-order valence-electron chi connectivity index (χ1n) is 11.6. The number of benzene rings is 1. The molecule has 0 bridgehead atoms. The van der Waals surface area contributed by atoms with Crippen molar-refractivity contribution in [3.05, 3.63) is 81.5 Å². The highest BCUT2D eigenvalue weighted by Crippen LogP contribution is 2.40. The van der Waals surface area contributed by atoms with Crippen molar-refractivity contribution in [3.8, 4) is 5.75 Å². The number of hydrogen-bond donors (Lipinski definition) is 0. The van der Waals surface area contributed by atoms with Crippen molar-refractivity contribution >= 4 is 22.8 Å². The van der Waals surface area contributed by atoms with Gasteiger partial charge in [0.25, 0.3) is 5.56 Å². The van der Waals surface area contributed by atoms with Gasteiger partial charge in [0.15, 0.2) is 11.5 Å². The number of aryl methyl sites for hydroxylation is 2. The van der Waals surface area contributed by atoms with Gasteiger partial charge in [-0.3, -0.25) is 9.78 Å². The van der Waals surface area contributed by atoms with Gasteiger partial charge < -0.3 is 14.5 Å². The van der Waals surface area contributed by atoms with Crippen LogP contribution in [0.1, 0.15) is 29.3 Å². The molecule has 1 unspecified atom stereocenters. The molecule has 8 nitrogen and oxygen atoms in total. The van der Waals surface area contributed by atoms with Gasteiger partial charge in [-0.1, -0.05) is 6.07 Å². The van der Waals surface area contributed by atoms with Gasteiger partial charge >= 0.3 is 0 Å². The molecule has 3 aromatic heterocycles. The lowest BCUT2D eigenvalue weighted by atomic mass is 10.0. The van der Waals surface area contributed by atoms with E-state index in [9.17, 15) is 4.79 Å². The number of rotatable bonds is 2. The Hall–Kier alpha value is -3.94. The van der Waals surface area contributed by atoms with Crippen LogP contribution in [0.5, 0.6) is 5.75 Å². The largest absolute Gasteiger partial charge is 0.489 e. The van der Waals surface area contributed by atoms with E-state index in [0.29, 0.717) is 18.8 Å². The Kier molecular flexibility index (Phi) is 4.76. The fourth-order valence-corrected chi connectivity index (χ4v) is 4.94. The first-order chi connectivity index (χ1) is 16.5. The number of hydrogen-bond acceptors (Lipinski definition) is 7. The van der Waals surface area contributed by atoms with E-state index in [1.807, 2.05) is 25.3 Å². The molecular formula is C26H26N6O2. The maximum Gasteiger partial charge on any atom is 0.274 e. The van der Waals surface area contributed by atoms with Gasteiger partial charge in [0.2, 0.25) is 0 Å². The van der Waals surface area contributed by atoms with E-state index in [4.69, 9.17) is 9.72 Å². The fraction of sp³-hybridized carbons (Fsp3) is 0.308. The molecule has 0 spiro atoms. The van der Waals surface area contributed by atoms with E-state index in [1.165, 1.54) is 27.9 Å². The number of aromatic nitrogens is 4. The summed E-state index contributed by atoms with van der Waals surface area (Å²) in [5.41, 5.74) is 7.00. The fourth-order valence-electron chi connectivity index (χ4n) is 4.94. The van der Waals surface area contributed by atoms with Crippen LogP contribution in [0.15, 0.2) is 53.6 Å². The highest BCUT2D eigenvalue weighted by atomic mass is 16.5. The molecule has 6 rings (SSSR count). The lowest BCUT2D eigenvalue weighted by molar-refractivity contribution is 0.278. The van der Waals surface area contributed by atoms with Gasteiger partial charge in [-0.05, 0) is 61.7 Å². The van der Waals surface area contributed by atoms with Crippen LogP contribution in [-0.2, 0) is 13.0 Å². The number of nitrogens with zero attached hydrogens (tertiary/aromatic N) is 6. The summed E-state index contributed by atoms with van der Waals surface area (Å²) in [7, 11) is 0. The minimum atomic E-state index is -0.178. The van der Waals surface area contributed by atoms with Crippen molar-refractivity contribution in [2.75, 3.05) is 23.0 Å². The molecule has 1 aromatic carbocycles. The highest BCUT2D eigenvalue weighted by molar-refractivity contribution is 5.72. The van der Waals surface area contributed by atoms with E-state index < -0.39 is 0 Å². The van der Waals surface area contributed by atoms with Crippen LogP contribution in [0.25, 0.3) is 5.65 Å². The summed E-state index contributed by atoms with van der Waals surface area (Å²) in [6, 6.07) is 12.1. The second-order valence-electron chi connectivity index (χ2n) is 9.18. The SMILES string of the molecule is Cc1ccc2c(c1)N(c1cnc3c(c1)CN(c1nn4c(=O)ccnc4cc1C)CC3)C(C)CO2. The Morgan fingerprint density at radius 1 is 1.09 bits per heavy atom. The summed E-state index contributed by atoms with van der Waals surface area (Å²) in [4.78, 5) is 26.0. The lowest BCUT2D eigenvalue weighted by Crippen LogP contribution is -2.38. The Morgan fingerprint density at radius 3 is 2.85 bits per heavy atom. The summed E-state index contributed by atoms with van der Waals surface area (Å²) in [6.45, 7) is 8.39. The summed E-state index contributed by atoms with van der Waals surface area (Å²) in [5, 5.41) is 4.65. The summed E-state index contributed by atoms with van der Waals surface area (Å²) >= 11 is 0. The minimum absolute atomic E-state index is 0.178. The zero-order chi connectivity index (χ0) is 23.4. The molecular weight excluding hydrogens is 428 g/mol. The van der Waals surface area contributed by atoms with Gasteiger partial charge in [-0.2, -0.15) is 4.52 Å². The average molecular weight is 455 g/mol. The normalized spacial score (nSPS) is 17.3. The van der Waals surface area contributed by atoms with Gasteiger partial charge in [0.05, 0.1) is 23.6 Å². The third-order valence-electron chi connectivity index (χ3n) is 6.64. The third kappa shape index (κ3) is 3.37. The number of fused-ring (bicyclic) bond motifs is 3. The molecule has 0 saturated heterocycles. The Morgan fingerprint density at radius 2 is 1.97 bits per heavy atom. The molecule has 0 radical (unpaired) electrons.